The zero-order valence-electron chi connectivity index (χ0n) is 23.6. The van der Waals surface area contributed by atoms with E-state index in [1.165, 1.54) is 6.33 Å². The number of nitrogens with zero attached hydrogens (tertiary/aromatic N) is 3. The van der Waals surface area contributed by atoms with Gasteiger partial charge in [0.15, 0.2) is 11.5 Å². The highest BCUT2D eigenvalue weighted by Gasteiger charge is 2.12. The molecule has 0 bridgehead atoms. The molecule has 0 aliphatic rings. The molecule has 0 radical (unpaired) electrons. The van der Waals surface area contributed by atoms with E-state index in [2.05, 4.69) is 37.7 Å². The molecule has 0 unspecified atom stereocenters. The molecule has 4 rings (SSSR count). The quantitative estimate of drug-likeness (QED) is 0.150. The number of carbonyl (C=O) groups is 1. The van der Waals surface area contributed by atoms with Crippen LogP contribution < -0.4 is 25.4 Å². The molecule has 10 heteroatoms. The lowest BCUT2D eigenvalue weighted by atomic mass is 10.1. The molecule has 0 saturated carbocycles. The van der Waals surface area contributed by atoms with Crippen molar-refractivity contribution in [1.82, 2.24) is 14.9 Å². The van der Waals surface area contributed by atoms with Gasteiger partial charge in [0, 0.05) is 42.5 Å². The van der Waals surface area contributed by atoms with E-state index < -0.39 is 0 Å². The van der Waals surface area contributed by atoms with Gasteiger partial charge in [-0.3, -0.25) is 0 Å². The molecule has 1 heterocycles. The Kier molecular flexibility index (Phi) is 11.1. The standard InChI is InChI=1S/C31H38N6O4/c1-3-37(17-18-38)16-7-19-41-29-21-27-26(20-28(29)40-2)30(34-22-33-27)32-15-14-23-10-12-25(13-11-23)36-31(39)35-24-8-5-4-6-9-24/h4-6,8-13,20-22,38H,3,7,14-19H2,1-2H3,(H,32,33,34)(H2,35,36,39). The normalized spacial score (nSPS) is 10.9. The minimum Gasteiger partial charge on any atom is -0.493 e. The first-order valence-electron chi connectivity index (χ1n) is 13.8. The van der Waals surface area contributed by atoms with Crippen LogP contribution in [0, 0.1) is 0 Å². The Morgan fingerprint density at radius 1 is 0.951 bits per heavy atom. The zero-order chi connectivity index (χ0) is 28.9. The SMILES string of the molecule is CCN(CCO)CCCOc1cc2ncnc(NCCc3ccc(NC(=O)Nc4ccccc4)cc3)c2cc1OC. The van der Waals surface area contributed by atoms with Crippen LogP contribution in [0.2, 0.25) is 0 Å². The number of aliphatic hydroxyl groups excluding tert-OH is 1. The van der Waals surface area contributed by atoms with Gasteiger partial charge in [-0.15, -0.1) is 0 Å². The largest absolute Gasteiger partial charge is 0.493 e. The maximum atomic E-state index is 12.2. The molecule has 0 spiro atoms. The average molecular weight is 559 g/mol. The van der Waals surface area contributed by atoms with E-state index in [0.717, 1.165) is 59.6 Å². The number of para-hydroxylation sites is 1. The third kappa shape index (κ3) is 8.79. The summed E-state index contributed by atoms with van der Waals surface area (Å²) in [5, 5.41) is 19.1. The summed E-state index contributed by atoms with van der Waals surface area (Å²) < 4.78 is 11.6. The van der Waals surface area contributed by atoms with Crippen molar-refractivity contribution >= 4 is 34.1 Å². The summed E-state index contributed by atoms with van der Waals surface area (Å²) in [4.78, 5) is 23.3. The summed E-state index contributed by atoms with van der Waals surface area (Å²) in [7, 11) is 1.62. The number of urea groups is 1. The summed E-state index contributed by atoms with van der Waals surface area (Å²) in [5.41, 5.74) is 3.34. The van der Waals surface area contributed by atoms with Crippen LogP contribution in [0.15, 0.2) is 73.1 Å². The van der Waals surface area contributed by atoms with Crippen molar-refractivity contribution in [2.45, 2.75) is 19.8 Å². The van der Waals surface area contributed by atoms with Crippen molar-refractivity contribution in [3.63, 3.8) is 0 Å². The van der Waals surface area contributed by atoms with E-state index in [9.17, 15) is 4.79 Å². The van der Waals surface area contributed by atoms with E-state index in [4.69, 9.17) is 14.6 Å². The Hall–Kier alpha value is -4.41. The third-order valence-electron chi connectivity index (χ3n) is 6.61. The summed E-state index contributed by atoms with van der Waals surface area (Å²) in [6, 6.07) is 20.6. The number of hydrogen-bond acceptors (Lipinski definition) is 8. The number of nitrogens with one attached hydrogen (secondary N) is 3. The molecule has 4 N–H and O–H groups in total. The highest BCUT2D eigenvalue weighted by Crippen LogP contribution is 2.34. The average Bonchev–Trinajstić information content (AvgIpc) is 2.99. The van der Waals surface area contributed by atoms with Crippen LogP contribution in [0.25, 0.3) is 10.9 Å². The Balaban J connectivity index is 1.30. The highest BCUT2D eigenvalue weighted by atomic mass is 16.5. The molecular weight excluding hydrogens is 520 g/mol. The fourth-order valence-corrected chi connectivity index (χ4v) is 4.41. The van der Waals surface area contributed by atoms with Gasteiger partial charge >= 0.3 is 6.03 Å². The van der Waals surface area contributed by atoms with Crippen LogP contribution in [-0.2, 0) is 6.42 Å². The maximum absolute atomic E-state index is 12.2. The van der Waals surface area contributed by atoms with E-state index >= 15 is 0 Å². The van der Waals surface area contributed by atoms with Crippen molar-refractivity contribution in [2.24, 2.45) is 0 Å². The first kappa shape index (κ1) is 29.6. The lowest BCUT2D eigenvalue weighted by molar-refractivity contribution is 0.188. The lowest BCUT2D eigenvalue weighted by Gasteiger charge is -2.19. The van der Waals surface area contributed by atoms with Crippen molar-refractivity contribution in [3.8, 4) is 11.5 Å². The molecule has 0 aliphatic carbocycles. The fraction of sp³-hybridized carbons (Fsp3) is 0.323. The van der Waals surface area contributed by atoms with E-state index in [1.807, 2.05) is 66.7 Å². The minimum absolute atomic E-state index is 0.155. The first-order valence-corrected chi connectivity index (χ1v) is 13.8. The van der Waals surface area contributed by atoms with Crippen molar-refractivity contribution < 1.29 is 19.4 Å². The summed E-state index contributed by atoms with van der Waals surface area (Å²) >= 11 is 0. The summed E-state index contributed by atoms with van der Waals surface area (Å²) in [6.45, 7) is 5.84. The van der Waals surface area contributed by atoms with E-state index in [1.54, 1.807) is 7.11 Å². The number of benzene rings is 3. The van der Waals surface area contributed by atoms with Crippen LogP contribution >= 0.6 is 0 Å². The van der Waals surface area contributed by atoms with E-state index in [-0.39, 0.29) is 12.6 Å². The van der Waals surface area contributed by atoms with Crippen LogP contribution in [0.5, 0.6) is 11.5 Å². The molecule has 4 aromatic rings. The number of likely N-dealkylation sites (N-methyl/N-ethyl adjacent to an activating group) is 1. The van der Waals surface area contributed by atoms with Gasteiger partial charge in [-0.05, 0) is 55.3 Å². The second-order valence-corrected chi connectivity index (χ2v) is 9.42. The van der Waals surface area contributed by atoms with Gasteiger partial charge in [-0.25, -0.2) is 14.8 Å². The molecule has 41 heavy (non-hydrogen) atoms. The Bertz CT molecular complexity index is 1390. The lowest BCUT2D eigenvalue weighted by Crippen LogP contribution is -2.28. The van der Waals surface area contributed by atoms with Gasteiger partial charge in [0.25, 0.3) is 0 Å². The van der Waals surface area contributed by atoms with Crippen LogP contribution in [-0.4, -0.2) is 72.5 Å². The van der Waals surface area contributed by atoms with Crippen LogP contribution in [0.1, 0.15) is 18.9 Å². The number of ether oxygens (including phenoxy) is 2. The maximum Gasteiger partial charge on any atom is 0.323 e. The second kappa shape index (κ2) is 15.4. The van der Waals surface area contributed by atoms with Crippen molar-refractivity contribution in [3.05, 3.63) is 78.6 Å². The number of anilines is 3. The van der Waals surface area contributed by atoms with Crippen LogP contribution in [0.3, 0.4) is 0 Å². The minimum atomic E-state index is -0.286. The van der Waals surface area contributed by atoms with Crippen molar-refractivity contribution in [1.29, 1.82) is 0 Å². The number of fused-ring (bicyclic) bond motifs is 1. The Morgan fingerprint density at radius 3 is 2.41 bits per heavy atom. The topological polar surface area (TPSA) is 121 Å². The molecule has 2 amide bonds. The molecule has 10 nitrogen and oxygen atoms in total. The molecule has 216 valence electrons. The number of amides is 2. The molecule has 1 aromatic heterocycles. The molecule has 0 saturated heterocycles. The second-order valence-electron chi connectivity index (χ2n) is 9.42. The number of hydrogen-bond donors (Lipinski definition) is 4. The summed E-state index contributed by atoms with van der Waals surface area (Å²) in [5.74, 6) is 1.98. The van der Waals surface area contributed by atoms with E-state index in [0.29, 0.717) is 31.2 Å². The number of methoxy groups -OCH3 is 1. The smallest absolute Gasteiger partial charge is 0.323 e. The molecule has 0 aliphatic heterocycles. The van der Waals surface area contributed by atoms with Crippen LogP contribution in [0.4, 0.5) is 22.0 Å². The molecule has 0 atom stereocenters. The molecule has 3 aromatic carbocycles. The predicted octanol–water partition coefficient (Wildman–Crippen LogP) is 5.02. The zero-order valence-corrected chi connectivity index (χ0v) is 23.6. The van der Waals surface area contributed by atoms with Gasteiger partial charge < -0.3 is 35.4 Å². The fourth-order valence-electron chi connectivity index (χ4n) is 4.41. The third-order valence-corrected chi connectivity index (χ3v) is 6.61. The van der Waals surface area contributed by atoms with Gasteiger partial charge in [-0.2, -0.15) is 0 Å². The van der Waals surface area contributed by atoms with Gasteiger partial charge in [-0.1, -0.05) is 37.3 Å². The van der Waals surface area contributed by atoms with Gasteiger partial charge in [0.2, 0.25) is 0 Å². The Morgan fingerprint density at radius 2 is 1.71 bits per heavy atom. The number of rotatable bonds is 15. The Labute approximate surface area is 240 Å². The molecule has 0 fully saturated rings. The summed E-state index contributed by atoms with van der Waals surface area (Å²) in [6.07, 6.45) is 3.14. The predicted molar refractivity (Wildman–Crippen MR) is 163 cm³/mol. The number of aliphatic hydroxyl groups is 1. The van der Waals surface area contributed by atoms with Gasteiger partial charge in [0.1, 0.15) is 12.1 Å². The van der Waals surface area contributed by atoms with Crippen molar-refractivity contribution in [2.75, 3.05) is 62.5 Å². The van der Waals surface area contributed by atoms with Gasteiger partial charge in [0.05, 0.1) is 25.8 Å². The molecular formula is C31H38N6O4. The first-order chi connectivity index (χ1) is 20.1. The number of aromatic nitrogens is 2. The monoisotopic (exact) mass is 558 g/mol. The number of carbonyl (C=O) groups excluding carboxylic acids is 1. The highest BCUT2D eigenvalue weighted by molar-refractivity contribution is 5.99.